The molecule has 1 aliphatic rings. The lowest BCUT2D eigenvalue weighted by Gasteiger charge is -2.21. The van der Waals surface area contributed by atoms with E-state index in [0.29, 0.717) is 6.04 Å². The van der Waals surface area contributed by atoms with E-state index in [0.717, 1.165) is 25.0 Å². The number of nitrogens with one attached hydrogen (secondary N) is 2. The second kappa shape index (κ2) is 7.54. The molecular weight excluding hydrogens is 212 g/mol. The third kappa shape index (κ3) is 5.39. The molecule has 0 bridgehead atoms. The van der Waals surface area contributed by atoms with Gasteiger partial charge in [0.2, 0.25) is 0 Å². The van der Waals surface area contributed by atoms with Crippen LogP contribution in [0.4, 0.5) is 0 Å². The maximum Gasteiger partial charge on any atom is 0.191 e. The summed E-state index contributed by atoms with van der Waals surface area (Å²) in [6.45, 7) is 7.71. The minimum atomic E-state index is 0.665. The van der Waals surface area contributed by atoms with Crippen LogP contribution in [-0.4, -0.2) is 50.6 Å². The molecule has 0 radical (unpaired) electrons. The number of hydrogen-bond donors (Lipinski definition) is 2. The van der Waals surface area contributed by atoms with Crippen LogP contribution < -0.4 is 10.6 Å². The fourth-order valence-corrected chi connectivity index (χ4v) is 2.15. The van der Waals surface area contributed by atoms with Crippen molar-refractivity contribution in [1.29, 1.82) is 0 Å². The molecule has 1 atom stereocenters. The smallest absolute Gasteiger partial charge is 0.191 e. The first-order valence-electron chi connectivity index (χ1n) is 6.78. The van der Waals surface area contributed by atoms with Gasteiger partial charge in [-0.15, -0.1) is 0 Å². The molecular formula is C13H28N4. The summed E-state index contributed by atoms with van der Waals surface area (Å²) in [5, 5.41) is 6.77. The maximum atomic E-state index is 4.25. The fraction of sp³-hybridized carbons (Fsp3) is 0.923. The quantitative estimate of drug-likeness (QED) is 0.562. The van der Waals surface area contributed by atoms with Crippen LogP contribution >= 0.6 is 0 Å². The molecule has 4 nitrogen and oxygen atoms in total. The van der Waals surface area contributed by atoms with Crippen LogP contribution in [0.2, 0.25) is 0 Å². The zero-order valence-corrected chi connectivity index (χ0v) is 11.8. The second-order valence-electron chi connectivity index (χ2n) is 5.34. The summed E-state index contributed by atoms with van der Waals surface area (Å²) < 4.78 is 0. The van der Waals surface area contributed by atoms with Crippen molar-refractivity contribution in [3.05, 3.63) is 0 Å². The zero-order valence-electron chi connectivity index (χ0n) is 11.8. The van der Waals surface area contributed by atoms with E-state index < -0.39 is 0 Å². The van der Waals surface area contributed by atoms with Gasteiger partial charge in [0, 0.05) is 26.2 Å². The molecule has 1 fully saturated rings. The highest BCUT2D eigenvalue weighted by Crippen LogP contribution is 2.13. The lowest BCUT2D eigenvalue weighted by atomic mass is 10.1. The molecule has 1 heterocycles. The summed E-state index contributed by atoms with van der Waals surface area (Å²) in [6, 6.07) is 0.665. The Hall–Kier alpha value is -0.770. The Kier molecular flexibility index (Phi) is 6.34. The third-order valence-electron chi connectivity index (χ3n) is 3.41. The molecule has 0 amide bonds. The number of aliphatic imine (C=N–C) groups is 1. The van der Waals surface area contributed by atoms with Crippen molar-refractivity contribution in [3.63, 3.8) is 0 Å². The van der Waals surface area contributed by atoms with Gasteiger partial charge in [0.1, 0.15) is 0 Å². The number of likely N-dealkylation sites (N-methyl/N-ethyl adjacent to an activating group) is 1. The first kappa shape index (κ1) is 14.3. The van der Waals surface area contributed by atoms with Crippen LogP contribution in [0.5, 0.6) is 0 Å². The van der Waals surface area contributed by atoms with Gasteiger partial charge in [-0.05, 0) is 38.8 Å². The van der Waals surface area contributed by atoms with Gasteiger partial charge in [-0.2, -0.15) is 0 Å². The topological polar surface area (TPSA) is 39.7 Å². The van der Waals surface area contributed by atoms with Gasteiger partial charge in [-0.1, -0.05) is 13.8 Å². The van der Waals surface area contributed by atoms with Crippen molar-refractivity contribution in [3.8, 4) is 0 Å². The second-order valence-corrected chi connectivity index (χ2v) is 5.34. The molecule has 4 heteroatoms. The molecule has 1 saturated heterocycles. The monoisotopic (exact) mass is 240 g/mol. The molecule has 1 aliphatic heterocycles. The van der Waals surface area contributed by atoms with Crippen LogP contribution in [0, 0.1) is 5.92 Å². The molecule has 0 aromatic heterocycles. The van der Waals surface area contributed by atoms with Crippen LogP contribution in [0.25, 0.3) is 0 Å². The summed E-state index contributed by atoms with van der Waals surface area (Å²) in [5.41, 5.74) is 0. The van der Waals surface area contributed by atoms with Gasteiger partial charge in [0.15, 0.2) is 5.96 Å². The summed E-state index contributed by atoms with van der Waals surface area (Å²) in [5.74, 6) is 1.67. The largest absolute Gasteiger partial charge is 0.356 e. The van der Waals surface area contributed by atoms with Crippen LogP contribution in [0.3, 0.4) is 0 Å². The van der Waals surface area contributed by atoms with Gasteiger partial charge in [-0.3, -0.25) is 4.99 Å². The van der Waals surface area contributed by atoms with E-state index in [1.54, 1.807) is 0 Å². The predicted molar refractivity (Wildman–Crippen MR) is 74.5 cm³/mol. The van der Waals surface area contributed by atoms with Crippen LogP contribution in [-0.2, 0) is 0 Å². The first-order chi connectivity index (χ1) is 8.13. The van der Waals surface area contributed by atoms with Crippen molar-refractivity contribution >= 4 is 5.96 Å². The number of nitrogens with zero attached hydrogens (tertiary/aromatic N) is 2. The predicted octanol–water partition coefficient (Wildman–Crippen LogP) is 1.29. The van der Waals surface area contributed by atoms with Crippen LogP contribution in [0.1, 0.15) is 33.1 Å². The average molecular weight is 240 g/mol. The van der Waals surface area contributed by atoms with Gasteiger partial charge < -0.3 is 15.5 Å². The highest BCUT2D eigenvalue weighted by molar-refractivity contribution is 5.79. The number of likely N-dealkylation sites (tertiary alicyclic amines) is 1. The SMILES string of the molecule is CN=C(NCCC(C)C)NCC1CCCN1C. The molecule has 1 rings (SSSR count). The molecule has 0 aromatic rings. The van der Waals surface area contributed by atoms with Crippen molar-refractivity contribution < 1.29 is 0 Å². The van der Waals surface area contributed by atoms with Gasteiger partial charge in [0.05, 0.1) is 0 Å². The van der Waals surface area contributed by atoms with E-state index in [-0.39, 0.29) is 0 Å². The summed E-state index contributed by atoms with van der Waals surface area (Å²) in [6.07, 6.45) is 3.80. The van der Waals surface area contributed by atoms with Crippen molar-refractivity contribution in [2.24, 2.45) is 10.9 Å². The van der Waals surface area contributed by atoms with Gasteiger partial charge in [-0.25, -0.2) is 0 Å². The Labute approximate surface area is 106 Å². The molecule has 100 valence electrons. The lowest BCUT2D eigenvalue weighted by molar-refractivity contribution is 0.309. The molecule has 17 heavy (non-hydrogen) atoms. The van der Waals surface area contributed by atoms with Crippen LogP contribution in [0.15, 0.2) is 4.99 Å². The van der Waals surface area contributed by atoms with E-state index in [9.17, 15) is 0 Å². The summed E-state index contributed by atoms with van der Waals surface area (Å²) in [4.78, 5) is 6.67. The Morgan fingerprint density at radius 3 is 2.71 bits per heavy atom. The molecule has 2 N–H and O–H groups in total. The van der Waals surface area contributed by atoms with Crippen molar-refractivity contribution in [2.75, 3.05) is 33.7 Å². The minimum Gasteiger partial charge on any atom is -0.356 e. The average Bonchev–Trinajstić information content (AvgIpc) is 2.68. The number of rotatable bonds is 5. The van der Waals surface area contributed by atoms with Crippen molar-refractivity contribution in [1.82, 2.24) is 15.5 Å². The summed E-state index contributed by atoms with van der Waals surface area (Å²) in [7, 11) is 4.04. The van der Waals surface area contributed by atoms with E-state index in [1.807, 2.05) is 7.05 Å². The van der Waals surface area contributed by atoms with Gasteiger partial charge >= 0.3 is 0 Å². The molecule has 1 unspecified atom stereocenters. The lowest BCUT2D eigenvalue weighted by Crippen LogP contribution is -2.44. The number of guanidine groups is 1. The summed E-state index contributed by atoms with van der Waals surface area (Å²) >= 11 is 0. The first-order valence-corrected chi connectivity index (χ1v) is 6.78. The Morgan fingerprint density at radius 2 is 2.18 bits per heavy atom. The fourth-order valence-electron chi connectivity index (χ4n) is 2.15. The molecule has 0 spiro atoms. The minimum absolute atomic E-state index is 0.665. The highest BCUT2D eigenvalue weighted by Gasteiger charge is 2.20. The third-order valence-corrected chi connectivity index (χ3v) is 3.41. The molecule has 0 saturated carbocycles. The normalized spacial score (nSPS) is 22.2. The maximum absolute atomic E-state index is 4.25. The molecule has 0 aliphatic carbocycles. The number of hydrogen-bond acceptors (Lipinski definition) is 2. The van der Waals surface area contributed by atoms with E-state index in [1.165, 1.54) is 25.8 Å². The highest BCUT2D eigenvalue weighted by atomic mass is 15.2. The molecule has 0 aromatic carbocycles. The zero-order chi connectivity index (χ0) is 12.7. The van der Waals surface area contributed by atoms with Gasteiger partial charge in [0.25, 0.3) is 0 Å². The Bertz CT molecular complexity index is 238. The standard InChI is InChI=1S/C13H28N4/c1-11(2)7-8-15-13(14-3)16-10-12-6-5-9-17(12)4/h11-12H,5-10H2,1-4H3,(H2,14,15,16). The Morgan fingerprint density at radius 1 is 1.41 bits per heavy atom. The van der Waals surface area contributed by atoms with E-state index in [4.69, 9.17) is 0 Å². The van der Waals surface area contributed by atoms with Crippen molar-refractivity contribution in [2.45, 2.75) is 39.2 Å². The Balaban J connectivity index is 2.18. The van der Waals surface area contributed by atoms with E-state index >= 15 is 0 Å². The van der Waals surface area contributed by atoms with E-state index in [2.05, 4.69) is 41.4 Å².